The zero-order chi connectivity index (χ0) is 16.5. The van der Waals surface area contributed by atoms with Gasteiger partial charge in [-0.3, -0.25) is 14.5 Å². The molecule has 1 fully saturated rings. The molecule has 4 N–H and O–H groups in total. The number of hydrogen-bond donors (Lipinski definition) is 4. The molecular weight excluding hydrogens is 280 g/mol. The van der Waals surface area contributed by atoms with E-state index in [0.717, 1.165) is 0 Å². The normalized spacial score (nSPS) is 21.6. The average molecular weight is 304 g/mol. The Morgan fingerprint density at radius 1 is 1.43 bits per heavy atom. The second kappa shape index (κ2) is 9.46. The van der Waals surface area contributed by atoms with Gasteiger partial charge in [0.1, 0.15) is 6.23 Å². The number of carbonyl (C=O) groups excluding carboxylic acids is 2. The van der Waals surface area contributed by atoms with E-state index in [2.05, 4.69) is 5.32 Å². The third-order valence-electron chi connectivity index (χ3n) is 2.39. The van der Waals surface area contributed by atoms with E-state index < -0.39 is 12.0 Å². The van der Waals surface area contributed by atoms with E-state index in [9.17, 15) is 9.59 Å². The van der Waals surface area contributed by atoms with E-state index in [1.807, 2.05) is 0 Å². The summed E-state index contributed by atoms with van der Waals surface area (Å²) in [6, 6.07) is 0. The molecule has 122 valence electrons. The number of likely N-dealkylation sites (N-methyl/N-ethyl adjacent to an activating group) is 1. The fourth-order valence-corrected chi connectivity index (χ4v) is 1.48. The first-order valence-electron chi connectivity index (χ1n) is 6.55. The molecule has 1 saturated heterocycles. The molecule has 0 aromatic heterocycles. The summed E-state index contributed by atoms with van der Waals surface area (Å²) in [4.78, 5) is 23.0. The lowest BCUT2D eigenvalue weighted by molar-refractivity contribution is -0.128. The van der Waals surface area contributed by atoms with Crippen LogP contribution in [0.1, 0.15) is 26.7 Å². The summed E-state index contributed by atoms with van der Waals surface area (Å²) in [6.07, 6.45) is 3.97. The number of rotatable bonds is 5. The monoisotopic (exact) mass is 304 g/mol. The Morgan fingerprint density at radius 3 is 2.38 bits per heavy atom. The van der Waals surface area contributed by atoms with Crippen molar-refractivity contribution in [3.8, 4) is 0 Å². The van der Waals surface area contributed by atoms with Gasteiger partial charge in [-0.15, -0.1) is 0 Å². The van der Waals surface area contributed by atoms with Crippen LogP contribution in [-0.4, -0.2) is 64.3 Å². The van der Waals surface area contributed by atoms with Gasteiger partial charge in [0.05, 0.1) is 12.7 Å². The predicted octanol–water partition coefficient (Wildman–Crippen LogP) is -1.09. The molecule has 0 aromatic rings. The highest BCUT2D eigenvalue weighted by Crippen LogP contribution is 2.21. The fraction of sp³-hybridized carbons (Fsp3) is 0.692. The first kappa shape index (κ1) is 19.5. The molecule has 0 bridgehead atoms. The lowest BCUT2D eigenvalue weighted by Gasteiger charge is -2.20. The van der Waals surface area contributed by atoms with E-state index in [0.29, 0.717) is 19.3 Å². The Morgan fingerprint density at radius 2 is 2.00 bits per heavy atom. The van der Waals surface area contributed by atoms with Crippen LogP contribution in [0.3, 0.4) is 0 Å². The topological polar surface area (TPSA) is 119 Å². The molecule has 0 saturated carbocycles. The minimum absolute atomic E-state index is 0.0532. The zero-order valence-electron chi connectivity index (χ0n) is 12.5. The van der Waals surface area contributed by atoms with Crippen molar-refractivity contribution in [1.29, 1.82) is 0 Å². The van der Waals surface area contributed by atoms with Gasteiger partial charge in [-0.2, -0.15) is 0 Å². The van der Waals surface area contributed by atoms with Crippen LogP contribution < -0.4 is 5.32 Å². The maximum atomic E-state index is 10.9. The lowest BCUT2D eigenvalue weighted by atomic mass is 10.2. The van der Waals surface area contributed by atoms with Gasteiger partial charge in [0.15, 0.2) is 5.79 Å². The Kier molecular flexibility index (Phi) is 8.79. The molecule has 0 aromatic carbocycles. The van der Waals surface area contributed by atoms with Gasteiger partial charge in [0.25, 0.3) is 0 Å². The first-order valence-corrected chi connectivity index (χ1v) is 6.55. The largest absolute Gasteiger partial charge is 0.394 e. The van der Waals surface area contributed by atoms with Crippen molar-refractivity contribution < 1.29 is 29.6 Å². The van der Waals surface area contributed by atoms with Crippen molar-refractivity contribution in [2.24, 2.45) is 0 Å². The highest BCUT2D eigenvalue weighted by molar-refractivity contribution is 5.87. The number of aliphatic hydroxyl groups excluding tert-OH is 1. The molecule has 8 nitrogen and oxygen atoms in total. The van der Waals surface area contributed by atoms with Crippen LogP contribution in [0.5, 0.6) is 0 Å². The maximum Gasteiger partial charge on any atom is 0.245 e. The molecule has 8 heteroatoms. The van der Waals surface area contributed by atoms with Crippen LogP contribution in [0.25, 0.3) is 0 Å². The molecule has 2 amide bonds. The van der Waals surface area contributed by atoms with Crippen LogP contribution in [0.15, 0.2) is 12.3 Å². The first-order chi connectivity index (χ1) is 9.71. The summed E-state index contributed by atoms with van der Waals surface area (Å²) in [6.45, 7) is 2.54. The number of ether oxygens (including phenoxy) is 1. The minimum atomic E-state index is -1.50. The van der Waals surface area contributed by atoms with Crippen molar-refractivity contribution in [2.75, 3.05) is 13.7 Å². The average Bonchev–Trinajstić information content (AvgIpc) is 2.86. The number of aliphatic hydroxyl groups is 3. The highest BCUT2D eigenvalue weighted by atomic mass is 16.5. The van der Waals surface area contributed by atoms with Crippen LogP contribution in [0, 0.1) is 0 Å². The summed E-state index contributed by atoms with van der Waals surface area (Å²) in [7, 11) is 1.51. The lowest BCUT2D eigenvalue weighted by Crippen LogP contribution is -2.30. The Hall–Kier alpha value is -1.48. The van der Waals surface area contributed by atoms with E-state index in [1.54, 1.807) is 0 Å². The Labute approximate surface area is 124 Å². The number of carbonyl (C=O) groups is 2. The van der Waals surface area contributed by atoms with E-state index in [-0.39, 0.29) is 18.6 Å². The van der Waals surface area contributed by atoms with Gasteiger partial charge >= 0.3 is 0 Å². The third-order valence-corrected chi connectivity index (χ3v) is 2.39. The van der Waals surface area contributed by atoms with Gasteiger partial charge in [0.2, 0.25) is 12.3 Å². The Balaban J connectivity index is 0.000000690. The third kappa shape index (κ3) is 9.97. The molecule has 0 spiro atoms. The van der Waals surface area contributed by atoms with Gasteiger partial charge in [0, 0.05) is 19.3 Å². The SMILES string of the molecule is CC(C)(O)O.CNC(=O)/C=C\N(C=O)C1CCC(CO)O1. The summed E-state index contributed by atoms with van der Waals surface area (Å²) in [5.41, 5.74) is 0. The van der Waals surface area contributed by atoms with Crippen LogP contribution in [0.4, 0.5) is 0 Å². The molecule has 1 aliphatic heterocycles. The molecule has 0 aliphatic carbocycles. The van der Waals surface area contributed by atoms with Gasteiger partial charge in [-0.25, -0.2) is 0 Å². The van der Waals surface area contributed by atoms with Gasteiger partial charge < -0.3 is 25.4 Å². The van der Waals surface area contributed by atoms with Crippen molar-refractivity contribution in [2.45, 2.75) is 44.8 Å². The van der Waals surface area contributed by atoms with E-state index >= 15 is 0 Å². The molecule has 0 radical (unpaired) electrons. The van der Waals surface area contributed by atoms with Crippen molar-refractivity contribution in [3.05, 3.63) is 12.3 Å². The second-order valence-corrected chi connectivity index (χ2v) is 4.95. The number of hydrogen-bond acceptors (Lipinski definition) is 6. The molecule has 2 unspecified atom stereocenters. The minimum Gasteiger partial charge on any atom is -0.394 e. The van der Waals surface area contributed by atoms with Crippen molar-refractivity contribution in [1.82, 2.24) is 10.2 Å². The number of nitrogens with one attached hydrogen (secondary N) is 1. The molecular formula is C13H24N2O6. The quantitative estimate of drug-likeness (QED) is 0.291. The number of nitrogens with zero attached hydrogens (tertiary/aromatic N) is 1. The van der Waals surface area contributed by atoms with Gasteiger partial charge in [-0.1, -0.05) is 0 Å². The molecule has 1 rings (SSSR count). The Bertz CT molecular complexity index is 347. The summed E-state index contributed by atoms with van der Waals surface area (Å²) in [5, 5.41) is 27.4. The zero-order valence-corrected chi connectivity index (χ0v) is 12.5. The maximum absolute atomic E-state index is 10.9. The standard InChI is InChI=1S/C10H16N2O4.C3H8O2/c1-11-9(15)4-5-12(7-14)10-3-2-8(6-13)16-10;1-3(2,4)5/h4-5,7-8,10,13H,2-3,6H2,1H3,(H,11,15);4-5H,1-2H3/b5-4-;. The smallest absolute Gasteiger partial charge is 0.245 e. The molecule has 2 atom stereocenters. The van der Waals surface area contributed by atoms with Crippen LogP contribution in [0.2, 0.25) is 0 Å². The van der Waals surface area contributed by atoms with E-state index in [1.165, 1.54) is 38.1 Å². The van der Waals surface area contributed by atoms with Crippen molar-refractivity contribution in [3.63, 3.8) is 0 Å². The summed E-state index contributed by atoms with van der Waals surface area (Å²) < 4.78 is 5.39. The van der Waals surface area contributed by atoms with Crippen LogP contribution in [-0.2, 0) is 14.3 Å². The molecule has 21 heavy (non-hydrogen) atoms. The highest BCUT2D eigenvalue weighted by Gasteiger charge is 2.27. The molecule has 1 heterocycles. The number of amides is 2. The second-order valence-electron chi connectivity index (χ2n) is 4.95. The van der Waals surface area contributed by atoms with Gasteiger partial charge in [-0.05, 0) is 26.7 Å². The predicted molar refractivity (Wildman–Crippen MR) is 74.6 cm³/mol. The molecule has 1 aliphatic rings. The summed E-state index contributed by atoms with van der Waals surface area (Å²) in [5.74, 6) is -1.79. The fourth-order valence-electron chi connectivity index (χ4n) is 1.48. The van der Waals surface area contributed by atoms with E-state index in [4.69, 9.17) is 20.1 Å². The van der Waals surface area contributed by atoms with Crippen LogP contribution >= 0.6 is 0 Å². The van der Waals surface area contributed by atoms with Crippen molar-refractivity contribution >= 4 is 12.3 Å². The summed E-state index contributed by atoms with van der Waals surface area (Å²) >= 11 is 0.